The van der Waals surface area contributed by atoms with Crippen LogP contribution in [-0.4, -0.2) is 49.6 Å². The lowest BCUT2D eigenvalue weighted by molar-refractivity contribution is 0.0725. The number of carbonyl (C=O) groups is 1. The molecule has 1 saturated heterocycles. The van der Waals surface area contributed by atoms with E-state index in [2.05, 4.69) is 14.9 Å². The van der Waals surface area contributed by atoms with Crippen molar-refractivity contribution in [1.29, 1.82) is 0 Å². The van der Waals surface area contributed by atoms with Crippen LogP contribution in [0, 0.1) is 6.92 Å². The average Bonchev–Trinajstić information content (AvgIpc) is 3.41. The first kappa shape index (κ1) is 21.0. The third kappa shape index (κ3) is 4.29. The lowest BCUT2D eigenvalue weighted by Gasteiger charge is -2.26. The van der Waals surface area contributed by atoms with E-state index in [-0.39, 0.29) is 22.3 Å². The number of nitrogens with one attached hydrogen (secondary N) is 2. The van der Waals surface area contributed by atoms with Gasteiger partial charge in [0.15, 0.2) is 5.76 Å². The van der Waals surface area contributed by atoms with E-state index >= 15 is 0 Å². The second-order valence-corrected chi connectivity index (χ2v) is 9.03. The van der Waals surface area contributed by atoms with Crippen molar-refractivity contribution in [3.8, 4) is 17.2 Å². The topological polar surface area (TPSA) is 118 Å². The highest BCUT2D eigenvalue weighted by Gasteiger charge is 2.27. The minimum absolute atomic E-state index is 0.00992. The number of hydrogen-bond donors (Lipinski definition) is 2. The number of hydrogen-bond acceptors (Lipinski definition) is 6. The first-order chi connectivity index (χ1) is 14.9. The average molecular weight is 445 g/mol. The molecule has 9 nitrogen and oxygen atoms in total. The van der Waals surface area contributed by atoms with Gasteiger partial charge in [0, 0.05) is 24.8 Å². The summed E-state index contributed by atoms with van der Waals surface area (Å²) in [6.45, 7) is 2.96. The van der Waals surface area contributed by atoms with Crippen molar-refractivity contribution in [3.63, 3.8) is 0 Å². The highest BCUT2D eigenvalue weighted by atomic mass is 32.2. The molecule has 1 amide bonds. The van der Waals surface area contributed by atoms with Gasteiger partial charge >= 0.3 is 0 Å². The Kier molecular flexibility index (Phi) is 5.73. The van der Waals surface area contributed by atoms with Crippen molar-refractivity contribution in [1.82, 2.24) is 15.1 Å². The fraction of sp³-hybridized carbons (Fsp3) is 0.333. The number of furan rings is 1. The van der Waals surface area contributed by atoms with Crippen molar-refractivity contribution in [3.05, 3.63) is 47.9 Å². The maximum Gasteiger partial charge on any atom is 0.265 e. The van der Waals surface area contributed by atoms with Gasteiger partial charge in [-0.2, -0.15) is 5.10 Å². The van der Waals surface area contributed by atoms with Crippen LogP contribution in [0.15, 0.2) is 45.8 Å². The number of methoxy groups -OCH3 is 1. The Morgan fingerprint density at radius 2 is 1.90 bits per heavy atom. The predicted molar refractivity (Wildman–Crippen MR) is 115 cm³/mol. The number of H-pyrrole nitrogens is 1. The van der Waals surface area contributed by atoms with E-state index in [0.717, 1.165) is 19.3 Å². The summed E-state index contributed by atoms with van der Waals surface area (Å²) in [6.07, 6.45) is 4.51. The van der Waals surface area contributed by atoms with Crippen LogP contribution in [0.3, 0.4) is 0 Å². The van der Waals surface area contributed by atoms with Crippen LogP contribution in [0.1, 0.15) is 35.4 Å². The SMILES string of the molecule is COc1ccc(NS(=O)(=O)c2cc(-c3[nH]ncc3C(=O)N3CCCCC3)oc2C)cc1. The standard InChI is InChI=1S/C21H24N4O5S/c1-14-19(31(27,28)24-15-6-8-16(29-2)9-7-15)12-18(30-14)20-17(13-22-23-20)21(26)25-10-4-3-5-11-25/h6-9,12-13,24H,3-5,10-11H2,1-2H3,(H,22,23). The summed E-state index contributed by atoms with van der Waals surface area (Å²) in [4.78, 5) is 14.7. The minimum atomic E-state index is -3.90. The molecule has 0 aliphatic carbocycles. The van der Waals surface area contributed by atoms with Gasteiger partial charge in [-0.1, -0.05) is 0 Å². The lowest BCUT2D eigenvalue weighted by Crippen LogP contribution is -2.35. The number of benzene rings is 1. The number of amides is 1. The lowest BCUT2D eigenvalue weighted by atomic mass is 10.1. The quantitative estimate of drug-likeness (QED) is 0.602. The predicted octanol–water partition coefficient (Wildman–Crippen LogP) is 3.41. The number of nitrogens with zero attached hydrogens (tertiary/aromatic N) is 2. The highest BCUT2D eigenvalue weighted by Crippen LogP contribution is 2.31. The molecule has 4 rings (SSSR count). The van der Waals surface area contributed by atoms with Crippen LogP contribution in [0.2, 0.25) is 0 Å². The summed E-state index contributed by atoms with van der Waals surface area (Å²) >= 11 is 0. The second kappa shape index (κ2) is 8.46. The zero-order chi connectivity index (χ0) is 22.0. The van der Waals surface area contributed by atoms with E-state index in [9.17, 15) is 13.2 Å². The van der Waals surface area contributed by atoms with Crippen LogP contribution in [0.25, 0.3) is 11.5 Å². The molecule has 1 aliphatic heterocycles. The van der Waals surface area contributed by atoms with Crippen LogP contribution in [0.4, 0.5) is 5.69 Å². The molecule has 0 bridgehead atoms. The Balaban J connectivity index is 1.60. The number of piperidine rings is 1. The van der Waals surface area contributed by atoms with Crippen molar-refractivity contribution in [2.75, 3.05) is 24.9 Å². The van der Waals surface area contributed by atoms with Crippen LogP contribution in [-0.2, 0) is 10.0 Å². The van der Waals surface area contributed by atoms with Gasteiger partial charge in [0.2, 0.25) is 0 Å². The number of aromatic nitrogens is 2. The van der Waals surface area contributed by atoms with Gasteiger partial charge in [-0.25, -0.2) is 8.42 Å². The summed E-state index contributed by atoms with van der Waals surface area (Å²) in [6, 6.07) is 7.94. The molecule has 1 aliphatic rings. The van der Waals surface area contributed by atoms with Crippen molar-refractivity contribution < 1.29 is 22.4 Å². The number of sulfonamides is 1. The summed E-state index contributed by atoms with van der Waals surface area (Å²) in [5.74, 6) is 0.931. The van der Waals surface area contributed by atoms with Gasteiger partial charge in [-0.05, 0) is 50.5 Å². The summed E-state index contributed by atoms with van der Waals surface area (Å²) < 4.78 is 39.2. The molecule has 1 fully saturated rings. The number of aromatic amines is 1. The first-order valence-corrected chi connectivity index (χ1v) is 11.5. The van der Waals surface area contributed by atoms with Gasteiger partial charge in [0.25, 0.3) is 15.9 Å². The minimum Gasteiger partial charge on any atom is -0.497 e. The highest BCUT2D eigenvalue weighted by molar-refractivity contribution is 7.92. The molecule has 10 heteroatoms. The van der Waals surface area contributed by atoms with Crippen molar-refractivity contribution in [2.45, 2.75) is 31.1 Å². The van der Waals surface area contributed by atoms with E-state index < -0.39 is 10.0 Å². The number of anilines is 1. The van der Waals surface area contributed by atoms with Crippen LogP contribution < -0.4 is 9.46 Å². The second-order valence-electron chi connectivity index (χ2n) is 7.38. The zero-order valence-electron chi connectivity index (χ0n) is 17.3. The number of rotatable bonds is 6. The molecule has 3 aromatic rings. The fourth-order valence-electron chi connectivity index (χ4n) is 3.63. The molecule has 0 saturated carbocycles. The molecule has 1 aromatic carbocycles. The Morgan fingerprint density at radius 3 is 2.58 bits per heavy atom. The Bertz CT molecular complexity index is 1170. The molecule has 0 atom stereocenters. The largest absolute Gasteiger partial charge is 0.497 e. The van der Waals surface area contributed by atoms with E-state index in [1.54, 1.807) is 36.1 Å². The number of ether oxygens (including phenoxy) is 1. The molecule has 0 unspecified atom stereocenters. The van der Waals surface area contributed by atoms with Gasteiger partial charge in [0.05, 0.1) is 18.9 Å². The van der Waals surface area contributed by atoms with E-state index in [0.29, 0.717) is 35.8 Å². The van der Waals surface area contributed by atoms with E-state index in [1.807, 2.05) is 0 Å². The number of aryl methyl sites for hydroxylation is 1. The van der Waals surface area contributed by atoms with Crippen molar-refractivity contribution >= 4 is 21.6 Å². The van der Waals surface area contributed by atoms with Gasteiger partial charge in [-0.3, -0.25) is 14.6 Å². The van der Waals surface area contributed by atoms with Crippen LogP contribution >= 0.6 is 0 Å². The number of likely N-dealkylation sites (tertiary alicyclic amines) is 1. The van der Waals surface area contributed by atoms with Crippen molar-refractivity contribution in [2.24, 2.45) is 0 Å². The normalized spacial score (nSPS) is 14.5. The third-order valence-corrected chi connectivity index (χ3v) is 6.75. The monoisotopic (exact) mass is 444 g/mol. The van der Waals surface area contributed by atoms with Gasteiger partial charge in [0.1, 0.15) is 22.1 Å². The molecule has 0 spiro atoms. The molecular formula is C21H24N4O5S. The molecular weight excluding hydrogens is 420 g/mol. The van der Waals surface area contributed by atoms with Gasteiger partial charge < -0.3 is 14.1 Å². The Labute approximate surface area is 180 Å². The summed E-state index contributed by atoms with van der Waals surface area (Å²) in [5, 5.41) is 6.77. The molecule has 3 heterocycles. The molecule has 0 radical (unpaired) electrons. The Morgan fingerprint density at radius 1 is 1.19 bits per heavy atom. The molecule has 31 heavy (non-hydrogen) atoms. The van der Waals surface area contributed by atoms with E-state index in [4.69, 9.17) is 9.15 Å². The zero-order valence-corrected chi connectivity index (χ0v) is 18.2. The number of carbonyl (C=O) groups excluding carboxylic acids is 1. The first-order valence-electron chi connectivity index (χ1n) is 9.99. The summed E-state index contributed by atoms with van der Waals surface area (Å²) in [5.41, 5.74) is 1.12. The van der Waals surface area contributed by atoms with Gasteiger partial charge in [-0.15, -0.1) is 0 Å². The maximum absolute atomic E-state index is 12.9. The van der Waals surface area contributed by atoms with Crippen LogP contribution in [0.5, 0.6) is 5.75 Å². The molecule has 164 valence electrons. The van der Waals surface area contributed by atoms with E-state index in [1.165, 1.54) is 19.4 Å². The maximum atomic E-state index is 12.9. The molecule has 2 aromatic heterocycles. The molecule has 2 N–H and O–H groups in total. The third-order valence-electron chi connectivity index (χ3n) is 5.26. The smallest absolute Gasteiger partial charge is 0.265 e. The Hall–Kier alpha value is -3.27. The fourth-order valence-corrected chi connectivity index (χ4v) is 4.87. The summed E-state index contributed by atoms with van der Waals surface area (Å²) in [7, 11) is -2.36.